The van der Waals surface area contributed by atoms with Crippen molar-refractivity contribution in [3.05, 3.63) is 34.9 Å². The van der Waals surface area contributed by atoms with Crippen LogP contribution < -0.4 is 0 Å². The van der Waals surface area contributed by atoms with Crippen LogP contribution in [-0.2, 0) is 20.7 Å². The van der Waals surface area contributed by atoms with Crippen LogP contribution in [0.15, 0.2) is 24.3 Å². The van der Waals surface area contributed by atoms with Gasteiger partial charge in [-0.1, -0.05) is 36.6 Å². The largest absolute Gasteiger partial charge is 0.465 e. The van der Waals surface area contributed by atoms with Gasteiger partial charge in [-0.15, -0.1) is 0 Å². The molecule has 0 amide bonds. The quantitative estimate of drug-likeness (QED) is 0.592. The van der Waals surface area contributed by atoms with E-state index in [0.29, 0.717) is 18.1 Å². The predicted octanol–water partition coefficient (Wildman–Crippen LogP) is 3.82. The lowest BCUT2D eigenvalue weighted by Crippen LogP contribution is -2.32. The molecule has 1 aromatic carbocycles. The van der Waals surface area contributed by atoms with E-state index < -0.39 is 11.9 Å². The van der Waals surface area contributed by atoms with Crippen molar-refractivity contribution >= 4 is 23.4 Å². The lowest BCUT2D eigenvalue weighted by atomic mass is 9.87. The summed E-state index contributed by atoms with van der Waals surface area (Å²) in [5, 5.41) is 0.614. The van der Waals surface area contributed by atoms with Crippen molar-refractivity contribution in [3.63, 3.8) is 0 Å². The molecule has 0 N–H and O–H groups in total. The Hall–Kier alpha value is -1.35. The number of halogens is 1. The Labute approximate surface area is 130 Å². The molecule has 1 aromatic rings. The highest BCUT2D eigenvalue weighted by molar-refractivity contribution is 6.30. The minimum Gasteiger partial charge on any atom is -0.465 e. The van der Waals surface area contributed by atoms with Gasteiger partial charge in [0.05, 0.1) is 6.61 Å². The van der Waals surface area contributed by atoms with Gasteiger partial charge in [0, 0.05) is 10.9 Å². The Kier molecular flexibility index (Phi) is 5.80. The molecule has 4 heteroatoms. The summed E-state index contributed by atoms with van der Waals surface area (Å²) >= 11 is 5.97. The zero-order chi connectivity index (χ0) is 15.2. The fourth-order valence-electron chi connectivity index (χ4n) is 2.94. The van der Waals surface area contributed by atoms with Gasteiger partial charge in [-0.3, -0.25) is 9.59 Å². The number of carbonyl (C=O) groups is 2. The van der Waals surface area contributed by atoms with E-state index in [1.807, 2.05) is 12.1 Å². The van der Waals surface area contributed by atoms with Gasteiger partial charge in [0.1, 0.15) is 5.92 Å². The third-order valence-corrected chi connectivity index (χ3v) is 4.24. The molecule has 21 heavy (non-hydrogen) atoms. The molecule has 0 heterocycles. The number of ether oxygens (including phenoxy) is 1. The van der Waals surface area contributed by atoms with E-state index in [1.165, 1.54) is 0 Å². The lowest BCUT2D eigenvalue weighted by molar-refractivity contribution is -0.152. The van der Waals surface area contributed by atoms with E-state index in [1.54, 1.807) is 19.1 Å². The van der Waals surface area contributed by atoms with Gasteiger partial charge >= 0.3 is 5.97 Å². The van der Waals surface area contributed by atoms with Crippen LogP contribution in [0.2, 0.25) is 5.02 Å². The van der Waals surface area contributed by atoms with Crippen LogP contribution in [0.4, 0.5) is 0 Å². The highest BCUT2D eigenvalue weighted by Gasteiger charge is 2.34. The molecule has 2 rings (SSSR count). The van der Waals surface area contributed by atoms with E-state index >= 15 is 0 Å². The lowest BCUT2D eigenvalue weighted by Gasteiger charge is -2.18. The molecule has 114 valence electrons. The van der Waals surface area contributed by atoms with Crippen molar-refractivity contribution in [3.8, 4) is 0 Å². The first-order valence-electron chi connectivity index (χ1n) is 7.56. The van der Waals surface area contributed by atoms with Crippen molar-refractivity contribution in [2.75, 3.05) is 6.61 Å². The Morgan fingerprint density at radius 1 is 1.33 bits per heavy atom. The molecule has 1 atom stereocenters. The molecule has 0 radical (unpaired) electrons. The Morgan fingerprint density at radius 3 is 2.67 bits per heavy atom. The number of rotatable bonds is 6. The summed E-state index contributed by atoms with van der Waals surface area (Å²) in [7, 11) is 0. The first kappa shape index (κ1) is 16.0. The van der Waals surface area contributed by atoms with Crippen LogP contribution in [0, 0.1) is 11.8 Å². The Bertz CT molecular complexity index is 507. The molecule has 1 aliphatic rings. The fraction of sp³-hybridized carbons (Fsp3) is 0.529. The van der Waals surface area contributed by atoms with Crippen molar-refractivity contribution in [2.45, 2.75) is 39.0 Å². The van der Waals surface area contributed by atoms with E-state index in [-0.39, 0.29) is 11.7 Å². The third kappa shape index (κ3) is 4.31. The fourth-order valence-corrected chi connectivity index (χ4v) is 3.15. The van der Waals surface area contributed by atoms with E-state index in [0.717, 1.165) is 31.2 Å². The number of Topliss-reactive ketones (excluding diaryl/α,β-unsaturated/α-hetero) is 1. The molecule has 1 fully saturated rings. The molecular weight excluding hydrogens is 288 g/mol. The second-order valence-corrected chi connectivity index (χ2v) is 5.96. The molecule has 0 bridgehead atoms. The van der Waals surface area contributed by atoms with Crippen molar-refractivity contribution < 1.29 is 14.3 Å². The molecule has 1 aliphatic carbocycles. The van der Waals surface area contributed by atoms with Crippen LogP contribution in [-0.4, -0.2) is 18.4 Å². The van der Waals surface area contributed by atoms with Crippen molar-refractivity contribution in [1.29, 1.82) is 0 Å². The Balaban J connectivity index is 2.15. The van der Waals surface area contributed by atoms with Gasteiger partial charge < -0.3 is 4.74 Å². The molecular formula is C17H21ClO3. The summed E-state index contributed by atoms with van der Waals surface area (Å²) in [5.41, 5.74) is 0.895. The minimum atomic E-state index is -0.702. The van der Waals surface area contributed by atoms with Crippen LogP contribution in [0.3, 0.4) is 0 Å². The number of carbonyl (C=O) groups excluding carboxylic acids is 2. The summed E-state index contributed by atoms with van der Waals surface area (Å²) in [6.07, 6.45) is 4.30. The summed E-state index contributed by atoms with van der Waals surface area (Å²) in [5.74, 6) is -1.06. The van der Waals surface area contributed by atoms with Gasteiger partial charge in [0.2, 0.25) is 0 Å². The standard InChI is InChI=1S/C17H21ClO3/c1-2-21-17(20)15(16(19)13-7-3-4-8-13)11-12-6-5-9-14(18)10-12/h5-6,9-10,13,15H,2-4,7-8,11H2,1H3. The number of benzene rings is 1. The average Bonchev–Trinajstić information content (AvgIpc) is 2.98. The van der Waals surface area contributed by atoms with Crippen LogP contribution in [0.1, 0.15) is 38.2 Å². The maximum absolute atomic E-state index is 12.6. The topological polar surface area (TPSA) is 43.4 Å². The second kappa shape index (κ2) is 7.60. The van der Waals surface area contributed by atoms with E-state index in [4.69, 9.17) is 16.3 Å². The van der Waals surface area contributed by atoms with Crippen LogP contribution in [0.25, 0.3) is 0 Å². The highest BCUT2D eigenvalue weighted by Crippen LogP contribution is 2.29. The molecule has 3 nitrogen and oxygen atoms in total. The maximum atomic E-state index is 12.6. The van der Waals surface area contributed by atoms with Gasteiger partial charge in [-0.25, -0.2) is 0 Å². The SMILES string of the molecule is CCOC(=O)C(Cc1cccc(Cl)c1)C(=O)C1CCCC1. The predicted molar refractivity (Wildman–Crippen MR) is 82.2 cm³/mol. The normalized spacial score (nSPS) is 16.7. The van der Waals surface area contributed by atoms with Gasteiger partial charge in [-0.05, 0) is 43.9 Å². The zero-order valence-electron chi connectivity index (χ0n) is 12.3. The maximum Gasteiger partial charge on any atom is 0.316 e. The Morgan fingerprint density at radius 2 is 2.05 bits per heavy atom. The van der Waals surface area contributed by atoms with Gasteiger partial charge in [0.25, 0.3) is 0 Å². The first-order chi connectivity index (χ1) is 10.1. The van der Waals surface area contributed by atoms with Gasteiger partial charge in [0.15, 0.2) is 5.78 Å². The number of hydrogen-bond acceptors (Lipinski definition) is 3. The molecule has 0 aromatic heterocycles. The first-order valence-corrected chi connectivity index (χ1v) is 7.94. The molecule has 0 saturated heterocycles. The van der Waals surface area contributed by atoms with E-state index in [9.17, 15) is 9.59 Å². The second-order valence-electron chi connectivity index (χ2n) is 5.52. The van der Waals surface area contributed by atoms with Crippen molar-refractivity contribution in [1.82, 2.24) is 0 Å². The van der Waals surface area contributed by atoms with Gasteiger partial charge in [-0.2, -0.15) is 0 Å². The molecule has 1 saturated carbocycles. The number of hydrogen-bond donors (Lipinski definition) is 0. The third-order valence-electron chi connectivity index (χ3n) is 4.00. The minimum absolute atomic E-state index is 0.0126. The van der Waals surface area contributed by atoms with Crippen LogP contribution in [0.5, 0.6) is 0 Å². The summed E-state index contributed by atoms with van der Waals surface area (Å²) < 4.78 is 5.09. The smallest absolute Gasteiger partial charge is 0.316 e. The average molecular weight is 309 g/mol. The summed E-state index contributed by atoms with van der Waals surface area (Å²) in [6, 6.07) is 7.30. The summed E-state index contributed by atoms with van der Waals surface area (Å²) in [6.45, 7) is 2.05. The molecule has 1 unspecified atom stereocenters. The number of esters is 1. The summed E-state index contributed by atoms with van der Waals surface area (Å²) in [4.78, 5) is 24.8. The van der Waals surface area contributed by atoms with Crippen molar-refractivity contribution in [2.24, 2.45) is 11.8 Å². The number of ketones is 1. The molecule has 0 spiro atoms. The van der Waals surface area contributed by atoms with Crippen LogP contribution >= 0.6 is 11.6 Å². The highest BCUT2D eigenvalue weighted by atomic mass is 35.5. The monoisotopic (exact) mass is 308 g/mol. The van der Waals surface area contributed by atoms with E-state index in [2.05, 4.69) is 0 Å². The molecule has 0 aliphatic heterocycles. The zero-order valence-corrected chi connectivity index (χ0v) is 13.1.